The Bertz CT molecular complexity index is 787. The lowest BCUT2D eigenvalue weighted by atomic mass is 10.1. The van der Waals surface area contributed by atoms with Crippen LogP contribution in [0.1, 0.15) is 30.0 Å². The fourth-order valence-corrected chi connectivity index (χ4v) is 2.19. The standard InChI is InChI=1S/C14H13F2N3O4/c1-7(2)5-10-12(19(22)23)13(14(20)21)18(17-10)11-4-3-8(15)6-9(11)16/h3-4,6-7H,5H2,1-2H3,(H,20,21). The number of carbonyl (C=O) groups is 1. The number of rotatable bonds is 5. The lowest BCUT2D eigenvalue weighted by Crippen LogP contribution is -2.11. The number of carboxylic acid groups (broad SMARTS) is 1. The third-order valence-electron chi connectivity index (χ3n) is 3.05. The van der Waals surface area contributed by atoms with Crippen LogP contribution in [0.15, 0.2) is 18.2 Å². The van der Waals surface area contributed by atoms with Gasteiger partial charge in [-0.25, -0.2) is 18.3 Å². The van der Waals surface area contributed by atoms with Gasteiger partial charge < -0.3 is 5.11 Å². The average Bonchev–Trinajstić information content (AvgIpc) is 2.77. The van der Waals surface area contributed by atoms with Crippen molar-refractivity contribution in [3.05, 3.63) is 51.3 Å². The fraction of sp³-hybridized carbons (Fsp3) is 0.286. The van der Waals surface area contributed by atoms with Crippen LogP contribution in [0.25, 0.3) is 5.69 Å². The Morgan fingerprint density at radius 3 is 2.57 bits per heavy atom. The molecule has 0 aliphatic heterocycles. The molecule has 0 aliphatic rings. The van der Waals surface area contributed by atoms with Gasteiger partial charge in [-0.05, 0) is 18.1 Å². The first kappa shape index (κ1) is 16.5. The van der Waals surface area contributed by atoms with Gasteiger partial charge in [0.05, 0.1) is 4.92 Å². The summed E-state index contributed by atoms with van der Waals surface area (Å²) in [5.41, 5.74) is -1.89. The van der Waals surface area contributed by atoms with Crippen molar-refractivity contribution < 1.29 is 23.6 Å². The largest absolute Gasteiger partial charge is 0.476 e. The van der Waals surface area contributed by atoms with Crippen molar-refractivity contribution in [1.82, 2.24) is 9.78 Å². The van der Waals surface area contributed by atoms with Crippen molar-refractivity contribution in [3.63, 3.8) is 0 Å². The van der Waals surface area contributed by atoms with Gasteiger partial charge in [-0.2, -0.15) is 5.10 Å². The van der Waals surface area contributed by atoms with Gasteiger partial charge in [0.15, 0.2) is 5.82 Å². The lowest BCUT2D eigenvalue weighted by molar-refractivity contribution is -0.386. The molecule has 0 spiro atoms. The first-order chi connectivity index (χ1) is 10.7. The quantitative estimate of drug-likeness (QED) is 0.673. The molecule has 1 heterocycles. The van der Waals surface area contributed by atoms with E-state index in [-0.39, 0.29) is 23.7 Å². The Morgan fingerprint density at radius 1 is 1.43 bits per heavy atom. The van der Waals surface area contributed by atoms with Crippen LogP contribution in [0.4, 0.5) is 14.5 Å². The van der Waals surface area contributed by atoms with Gasteiger partial charge in [0.2, 0.25) is 5.69 Å². The number of benzene rings is 1. The smallest absolute Gasteiger partial charge is 0.361 e. The fourth-order valence-electron chi connectivity index (χ4n) is 2.19. The molecule has 0 saturated carbocycles. The van der Waals surface area contributed by atoms with E-state index in [4.69, 9.17) is 0 Å². The molecule has 2 aromatic rings. The molecule has 23 heavy (non-hydrogen) atoms. The SMILES string of the molecule is CC(C)Cc1nn(-c2ccc(F)cc2F)c(C(=O)O)c1[N+](=O)[O-]. The van der Waals surface area contributed by atoms with Gasteiger partial charge in [-0.15, -0.1) is 0 Å². The Labute approximate surface area is 129 Å². The maximum atomic E-state index is 13.9. The molecule has 0 unspecified atom stereocenters. The molecule has 0 bridgehead atoms. The van der Waals surface area contributed by atoms with Gasteiger partial charge in [-0.3, -0.25) is 10.1 Å². The highest BCUT2D eigenvalue weighted by Gasteiger charge is 2.33. The molecule has 0 amide bonds. The predicted octanol–water partition coefficient (Wildman–Crippen LogP) is 2.96. The van der Waals surface area contributed by atoms with Crippen LogP contribution in [-0.4, -0.2) is 25.8 Å². The van der Waals surface area contributed by atoms with Crippen molar-refractivity contribution in [1.29, 1.82) is 0 Å². The predicted molar refractivity (Wildman–Crippen MR) is 75.6 cm³/mol. The minimum absolute atomic E-state index is 0.0308. The Morgan fingerprint density at radius 2 is 2.09 bits per heavy atom. The summed E-state index contributed by atoms with van der Waals surface area (Å²) in [6, 6.07) is 2.45. The number of hydrogen-bond donors (Lipinski definition) is 1. The zero-order valence-electron chi connectivity index (χ0n) is 12.3. The summed E-state index contributed by atoms with van der Waals surface area (Å²) in [6.07, 6.45) is 0.145. The Kier molecular flexibility index (Phi) is 4.39. The van der Waals surface area contributed by atoms with Gasteiger partial charge >= 0.3 is 11.7 Å². The van der Waals surface area contributed by atoms with Crippen molar-refractivity contribution in [2.75, 3.05) is 0 Å². The number of aromatic carboxylic acids is 1. The number of aromatic nitrogens is 2. The van der Waals surface area contributed by atoms with E-state index in [9.17, 15) is 28.8 Å². The minimum atomic E-state index is -1.62. The van der Waals surface area contributed by atoms with E-state index in [0.29, 0.717) is 10.7 Å². The summed E-state index contributed by atoms with van der Waals surface area (Å²) in [4.78, 5) is 21.8. The summed E-state index contributed by atoms with van der Waals surface area (Å²) in [7, 11) is 0. The summed E-state index contributed by atoms with van der Waals surface area (Å²) in [5.74, 6) is -3.58. The topological polar surface area (TPSA) is 98.3 Å². The molecule has 122 valence electrons. The second-order valence-corrected chi connectivity index (χ2v) is 5.31. The molecule has 0 aliphatic carbocycles. The van der Waals surface area contributed by atoms with Crippen LogP contribution in [0.3, 0.4) is 0 Å². The van der Waals surface area contributed by atoms with Crippen molar-refractivity contribution in [2.24, 2.45) is 5.92 Å². The molecule has 0 radical (unpaired) electrons. The molecule has 0 atom stereocenters. The van der Waals surface area contributed by atoms with Gasteiger partial charge in [0.1, 0.15) is 17.2 Å². The van der Waals surface area contributed by atoms with Crippen LogP contribution < -0.4 is 0 Å². The zero-order valence-corrected chi connectivity index (χ0v) is 12.3. The summed E-state index contributed by atoms with van der Waals surface area (Å²) in [6.45, 7) is 3.56. The monoisotopic (exact) mass is 325 g/mol. The first-order valence-corrected chi connectivity index (χ1v) is 6.67. The van der Waals surface area contributed by atoms with E-state index < -0.39 is 33.9 Å². The molecule has 1 aromatic carbocycles. The summed E-state index contributed by atoms with van der Waals surface area (Å²) >= 11 is 0. The van der Waals surface area contributed by atoms with Crippen LogP contribution in [-0.2, 0) is 6.42 Å². The molecular weight excluding hydrogens is 312 g/mol. The zero-order chi connectivity index (χ0) is 17.3. The van der Waals surface area contributed by atoms with Crippen LogP contribution in [0, 0.1) is 27.7 Å². The van der Waals surface area contributed by atoms with Crippen molar-refractivity contribution in [2.45, 2.75) is 20.3 Å². The van der Waals surface area contributed by atoms with Gasteiger partial charge in [0.25, 0.3) is 0 Å². The Balaban J connectivity index is 2.77. The van der Waals surface area contributed by atoms with E-state index in [1.807, 2.05) is 0 Å². The van der Waals surface area contributed by atoms with E-state index in [0.717, 1.165) is 12.1 Å². The molecule has 1 N–H and O–H groups in total. The normalized spacial score (nSPS) is 11.0. The van der Waals surface area contributed by atoms with Crippen LogP contribution in [0.5, 0.6) is 0 Å². The van der Waals surface area contributed by atoms with E-state index in [1.54, 1.807) is 13.8 Å². The highest BCUT2D eigenvalue weighted by atomic mass is 19.1. The van der Waals surface area contributed by atoms with Crippen molar-refractivity contribution in [3.8, 4) is 5.69 Å². The lowest BCUT2D eigenvalue weighted by Gasteiger charge is -2.05. The van der Waals surface area contributed by atoms with Crippen LogP contribution in [0.2, 0.25) is 0 Å². The number of halogens is 2. The minimum Gasteiger partial charge on any atom is -0.476 e. The van der Waals surface area contributed by atoms with Crippen LogP contribution >= 0.6 is 0 Å². The Hall–Kier alpha value is -2.84. The third-order valence-corrected chi connectivity index (χ3v) is 3.05. The molecule has 0 fully saturated rings. The van der Waals surface area contributed by atoms with Gasteiger partial charge in [-0.1, -0.05) is 13.8 Å². The number of hydrogen-bond acceptors (Lipinski definition) is 4. The third kappa shape index (κ3) is 3.17. The van der Waals surface area contributed by atoms with E-state index in [1.165, 1.54) is 0 Å². The molecule has 0 saturated heterocycles. The molecule has 9 heteroatoms. The second-order valence-electron chi connectivity index (χ2n) is 5.31. The first-order valence-electron chi connectivity index (χ1n) is 6.67. The molecule has 2 rings (SSSR count). The van der Waals surface area contributed by atoms with Crippen molar-refractivity contribution >= 4 is 11.7 Å². The van der Waals surface area contributed by atoms with Gasteiger partial charge in [0, 0.05) is 12.5 Å². The molecule has 7 nitrogen and oxygen atoms in total. The second kappa shape index (κ2) is 6.11. The number of nitro groups is 1. The average molecular weight is 325 g/mol. The number of carboxylic acids is 1. The number of nitrogens with zero attached hydrogens (tertiary/aromatic N) is 3. The summed E-state index contributed by atoms with van der Waals surface area (Å²) < 4.78 is 27.6. The van der Waals surface area contributed by atoms with E-state index in [2.05, 4.69) is 5.10 Å². The highest BCUT2D eigenvalue weighted by molar-refractivity contribution is 5.91. The summed E-state index contributed by atoms with van der Waals surface area (Å²) in [5, 5.41) is 24.4. The highest BCUT2D eigenvalue weighted by Crippen LogP contribution is 2.29. The maximum Gasteiger partial charge on any atom is 0.361 e. The molecule has 1 aromatic heterocycles. The maximum absolute atomic E-state index is 13.9. The van der Waals surface area contributed by atoms with E-state index >= 15 is 0 Å². The molecular formula is C14H13F2N3O4.